The van der Waals surface area contributed by atoms with Crippen LogP contribution in [-0.2, 0) is 13.0 Å². The summed E-state index contributed by atoms with van der Waals surface area (Å²) in [4.78, 5) is 24.3. The second kappa shape index (κ2) is 12.8. The second-order valence-electron chi connectivity index (χ2n) is 10.9. The molecule has 40 heavy (non-hydrogen) atoms. The van der Waals surface area contributed by atoms with Gasteiger partial charge in [0.05, 0.1) is 22.2 Å². The molecule has 0 bridgehead atoms. The number of nitrogens with zero attached hydrogens (tertiary/aromatic N) is 3. The van der Waals surface area contributed by atoms with E-state index in [1.807, 2.05) is 38.1 Å². The molecule has 8 nitrogen and oxygen atoms in total. The number of aliphatic imine (C=N–C) groups is 1. The summed E-state index contributed by atoms with van der Waals surface area (Å²) in [7, 11) is 0. The first-order chi connectivity index (χ1) is 19.0. The Morgan fingerprint density at radius 1 is 1.18 bits per heavy atom. The maximum atomic E-state index is 15.1. The zero-order valence-corrected chi connectivity index (χ0v) is 24.0. The number of fused-ring (bicyclic) bond motifs is 1. The number of amidine groups is 1. The molecule has 0 fully saturated rings. The first-order valence-electron chi connectivity index (χ1n) is 13.5. The Kier molecular flexibility index (Phi) is 9.40. The van der Waals surface area contributed by atoms with E-state index in [1.54, 1.807) is 31.3 Å². The molecule has 4 aromatic rings. The van der Waals surface area contributed by atoms with Gasteiger partial charge < -0.3 is 21.8 Å². The van der Waals surface area contributed by atoms with Gasteiger partial charge in [0.1, 0.15) is 5.65 Å². The van der Waals surface area contributed by atoms with Crippen molar-refractivity contribution in [2.45, 2.75) is 58.5 Å². The highest BCUT2D eigenvalue weighted by atomic mass is 35.5. The van der Waals surface area contributed by atoms with E-state index in [9.17, 15) is 4.79 Å². The van der Waals surface area contributed by atoms with Gasteiger partial charge in [-0.15, -0.1) is 0 Å². The molecule has 2 aromatic heterocycles. The molecule has 6 N–H and O–H groups in total. The first kappa shape index (κ1) is 29.5. The zero-order valence-electron chi connectivity index (χ0n) is 23.2. The van der Waals surface area contributed by atoms with Gasteiger partial charge in [0.15, 0.2) is 5.82 Å². The number of benzene rings is 2. The number of aryl methyl sites for hydroxylation is 1. The quantitative estimate of drug-likeness (QED) is 0.108. The summed E-state index contributed by atoms with van der Waals surface area (Å²) in [6.07, 6.45) is 5.04. The Morgan fingerprint density at radius 3 is 2.62 bits per heavy atom. The number of rotatable bonds is 12. The smallest absolute Gasteiger partial charge is 0.354 e. The van der Waals surface area contributed by atoms with Crippen molar-refractivity contribution >= 4 is 28.5 Å². The van der Waals surface area contributed by atoms with Crippen LogP contribution in [0.25, 0.3) is 28.0 Å². The number of hydrogen-bond donors (Lipinski definition) is 4. The Labute approximate surface area is 238 Å². The van der Waals surface area contributed by atoms with Crippen LogP contribution < -0.4 is 22.5 Å². The van der Waals surface area contributed by atoms with Gasteiger partial charge in [-0.3, -0.25) is 9.56 Å². The fourth-order valence-corrected chi connectivity index (χ4v) is 4.77. The number of aromatic amines is 1. The lowest BCUT2D eigenvalue weighted by molar-refractivity contribution is 0.459. The number of aromatic nitrogens is 3. The summed E-state index contributed by atoms with van der Waals surface area (Å²) < 4.78 is 16.6. The minimum absolute atomic E-state index is 0.0550. The predicted molar refractivity (Wildman–Crippen MR) is 162 cm³/mol. The van der Waals surface area contributed by atoms with Crippen molar-refractivity contribution in [2.24, 2.45) is 16.5 Å². The van der Waals surface area contributed by atoms with Crippen LogP contribution in [0.15, 0.2) is 58.4 Å². The molecular formula is C30H37ClFN7O. The Bertz CT molecular complexity index is 1550. The van der Waals surface area contributed by atoms with Gasteiger partial charge in [-0.25, -0.2) is 9.18 Å². The predicted octanol–water partition coefficient (Wildman–Crippen LogP) is 5.09. The average molecular weight is 566 g/mol. The van der Waals surface area contributed by atoms with Crippen LogP contribution in [0, 0.1) is 5.82 Å². The van der Waals surface area contributed by atoms with E-state index in [1.165, 1.54) is 4.57 Å². The van der Waals surface area contributed by atoms with Crippen LogP contribution in [0.5, 0.6) is 0 Å². The third kappa shape index (κ3) is 7.78. The van der Waals surface area contributed by atoms with Gasteiger partial charge in [0.25, 0.3) is 0 Å². The summed E-state index contributed by atoms with van der Waals surface area (Å²) in [5.74, 6) is 0.0798. The molecule has 0 saturated heterocycles. The topological polar surface area (TPSA) is 127 Å². The van der Waals surface area contributed by atoms with Crippen molar-refractivity contribution < 1.29 is 4.39 Å². The van der Waals surface area contributed by atoms with E-state index in [2.05, 4.69) is 20.3 Å². The minimum atomic E-state index is -0.516. The summed E-state index contributed by atoms with van der Waals surface area (Å²) >= 11 is 6.25. The average Bonchev–Trinajstić information content (AvgIpc) is 3.29. The van der Waals surface area contributed by atoms with Crippen LogP contribution >= 0.6 is 11.6 Å². The van der Waals surface area contributed by atoms with Gasteiger partial charge in [-0.2, -0.15) is 4.98 Å². The van der Waals surface area contributed by atoms with Crippen LogP contribution in [0.1, 0.15) is 51.2 Å². The standard InChI is InChI=1S/C30H37ClFN7O/c1-19(33)36-13-5-12-35-17-20-7-9-23(10-8-20)39-18-22-16-26(37-28(22)38-29(39)40)24-14-21(15-25(31)27(24)32)6-4-11-30(2,3)34/h7-10,14-16,18,35H,4-6,11-13,17,34H2,1-3H3,(H2,33,36)(H,37,38,40). The SMILES string of the molecule is CC(N)=NCCCNCc1ccc(-n2cc3cc(-c4cc(CCCC(C)(C)N)cc(Cl)c4F)[nH]c3nc2=O)cc1. The summed E-state index contributed by atoms with van der Waals surface area (Å²) in [5.41, 5.74) is 14.9. The number of H-pyrrole nitrogens is 1. The molecule has 4 rings (SSSR count). The van der Waals surface area contributed by atoms with E-state index in [4.69, 9.17) is 23.1 Å². The van der Waals surface area contributed by atoms with Crippen molar-refractivity contribution in [2.75, 3.05) is 13.1 Å². The van der Waals surface area contributed by atoms with E-state index < -0.39 is 11.5 Å². The Morgan fingerprint density at radius 2 is 1.93 bits per heavy atom. The molecular weight excluding hydrogens is 529 g/mol. The van der Waals surface area contributed by atoms with Crippen LogP contribution in [0.4, 0.5) is 4.39 Å². The third-order valence-electron chi connectivity index (χ3n) is 6.59. The van der Waals surface area contributed by atoms with Gasteiger partial charge in [0.2, 0.25) is 0 Å². The maximum Gasteiger partial charge on any atom is 0.354 e. The number of halogens is 2. The fourth-order valence-electron chi connectivity index (χ4n) is 4.52. The first-order valence-corrected chi connectivity index (χ1v) is 13.8. The fraction of sp³-hybridized carbons (Fsp3) is 0.367. The molecule has 212 valence electrons. The van der Waals surface area contributed by atoms with E-state index in [-0.39, 0.29) is 10.6 Å². The van der Waals surface area contributed by atoms with Gasteiger partial charge in [-0.1, -0.05) is 23.7 Å². The van der Waals surface area contributed by atoms with Crippen molar-refractivity contribution in [1.82, 2.24) is 19.9 Å². The summed E-state index contributed by atoms with van der Waals surface area (Å²) in [5, 5.41) is 4.11. The van der Waals surface area contributed by atoms with Crippen LogP contribution in [0.2, 0.25) is 5.02 Å². The molecule has 0 spiro atoms. The lowest BCUT2D eigenvalue weighted by Crippen LogP contribution is -2.31. The highest BCUT2D eigenvalue weighted by Gasteiger charge is 2.16. The molecule has 2 heterocycles. The minimum Gasteiger partial charge on any atom is -0.388 e. The van der Waals surface area contributed by atoms with Crippen LogP contribution in [0.3, 0.4) is 0 Å². The highest BCUT2D eigenvalue weighted by Crippen LogP contribution is 2.31. The van der Waals surface area contributed by atoms with Crippen LogP contribution in [-0.4, -0.2) is 39.0 Å². The highest BCUT2D eigenvalue weighted by molar-refractivity contribution is 6.31. The number of nitrogens with two attached hydrogens (primary N) is 2. The largest absolute Gasteiger partial charge is 0.388 e. The molecule has 0 atom stereocenters. The molecule has 0 aliphatic carbocycles. The lowest BCUT2D eigenvalue weighted by atomic mass is 9.96. The molecule has 0 aliphatic rings. The van der Waals surface area contributed by atoms with Crippen molar-refractivity contribution in [1.29, 1.82) is 0 Å². The molecule has 2 aromatic carbocycles. The normalized spacial score (nSPS) is 12.4. The van der Waals surface area contributed by atoms with E-state index >= 15 is 4.39 Å². The van der Waals surface area contributed by atoms with E-state index in [0.717, 1.165) is 43.4 Å². The molecule has 0 unspecified atom stereocenters. The van der Waals surface area contributed by atoms with Crippen molar-refractivity contribution in [3.63, 3.8) is 0 Å². The summed E-state index contributed by atoms with van der Waals surface area (Å²) in [6, 6.07) is 12.9. The van der Waals surface area contributed by atoms with Crippen molar-refractivity contribution in [3.05, 3.63) is 81.1 Å². The monoisotopic (exact) mass is 565 g/mol. The number of hydrogen-bond acceptors (Lipinski definition) is 5. The zero-order chi connectivity index (χ0) is 28.9. The Balaban J connectivity index is 1.51. The van der Waals surface area contributed by atoms with Gasteiger partial charge in [0, 0.05) is 35.8 Å². The van der Waals surface area contributed by atoms with Crippen molar-refractivity contribution in [3.8, 4) is 16.9 Å². The molecule has 0 radical (unpaired) electrons. The molecule has 0 amide bonds. The Hall–Kier alpha value is -3.53. The maximum absolute atomic E-state index is 15.1. The van der Waals surface area contributed by atoms with E-state index in [0.29, 0.717) is 46.9 Å². The summed E-state index contributed by atoms with van der Waals surface area (Å²) in [6.45, 7) is 7.99. The molecule has 10 heteroatoms. The lowest BCUT2D eigenvalue weighted by Gasteiger charge is -2.18. The van der Waals surface area contributed by atoms with Gasteiger partial charge in [-0.05, 0) is 94.5 Å². The van der Waals surface area contributed by atoms with Gasteiger partial charge >= 0.3 is 5.69 Å². The third-order valence-corrected chi connectivity index (χ3v) is 6.86. The molecule has 0 saturated carbocycles. The second-order valence-corrected chi connectivity index (χ2v) is 11.3. The number of nitrogens with one attached hydrogen (secondary N) is 2. The molecule has 0 aliphatic heterocycles.